The van der Waals surface area contributed by atoms with E-state index in [9.17, 15) is 4.79 Å². The van der Waals surface area contributed by atoms with E-state index in [2.05, 4.69) is 36.4 Å². The van der Waals surface area contributed by atoms with Crippen LogP contribution >= 0.6 is 0 Å². The van der Waals surface area contributed by atoms with Crippen LogP contribution in [0.5, 0.6) is 0 Å². The van der Waals surface area contributed by atoms with Crippen molar-refractivity contribution in [1.29, 1.82) is 0 Å². The zero-order valence-electron chi connectivity index (χ0n) is 14.0. The van der Waals surface area contributed by atoms with Gasteiger partial charge in [0.2, 0.25) is 0 Å². The van der Waals surface area contributed by atoms with Crippen LogP contribution in [0.4, 0.5) is 0 Å². The number of piperazine rings is 1. The van der Waals surface area contributed by atoms with Crippen LogP contribution in [0.3, 0.4) is 0 Å². The van der Waals surface area contributed by atoms with Crippen molar-refractivity contribution in [3.8, 4) is 0 Å². The molecular weight excluding hydrogens is 288 g/mol. The summed E-state index contributed by atoms with van der Waals surface area (Å²) in [6, 6.07) is 10.2. The number of aryl methyl sites for hydroxylation is 2. The summed E-state index contributed by atoms with van der Waals surface area (Å²) >= 11 is 0. The molecule has 122 valence electrons. The molecule has 1 aromatic heterocycles. The maximum absolute atomic E-state index is 12.8. The van der Waals surface area contributed by atoms with E-state index in [-0.39, 0.29) is 11.9 Å². The van der Waals surface area contributed by atoms with Crippen molar-refractivity contribution >= 4 is 5.91 Å². The van der Waals surface area contributed by atoms with E-state index < -0.39 is 0 Å². The minimum atomic E-state index is 0.120. The molecule has 1 fully saturated rings. The van der Waals surface area contributed by atoms with E-state index >= 15 is 0 Å². The fourth-order valence-corrected chi connectivity index (χ4v) is 3.12. The Morgan fingerprint density at radius 2 is 2.17 bits per heavy atom. The molecular formula is C18H24N4O. The van der Waals surface area contributed by atoms with Crippen molar-refractivity contribution in [2.75, 3.05) is 19.6 Å². The number of hydrogen-bond acceptors (Lipinski definition) is 3. The van der Waals surface area contributed by atoms with Crippen LogP contribution in [0.1, 0.15) is 34.2 Å². The van der Waals surface area contributed by atoms with E-state index in [0.717, 1.165) is 42.1 Å². The second kappa shape index (κ2) is 6.54. The van der Waals surface area contributed by atoms with Crippen LogP contribution in [0.25, 0.3) is 0 Å². The van der Waals surface area contributed by atoms with Gasteiger partial charge in [-0.15, -0.1) is 0 Å². The maximum atomic E-state index is 12.8. The summed E-state index contributed by atoms with van der Waals surface area (Å²) in [5.41, 5.74) is 4.02. The number of aromatic nitrogens is 2. The van der Waals surface area contributed by atoms with Crippen LogP contribution in [-0.2, 0) is 6.54 Å². The smallest absolute Gasteiger partial charge is 0.254 e. The maximum Gasteiger partial charge on any atom is 0.254 e. The van der Waals surface area contributed by atoms with Crippen molar-refractivity contribution in [3.05, 3.63) is 52.8 Å². The zero-order chi connectivity index (χ0) is 16.4. The highest BCUT2D eigenvalue weighted by molar-refractivity contribution is 5.94. The van der Waals surface area contributed by atoms with Crippen LogP contribution in [0.2, 0.25) is 0 Å². The Bertz CT molecular complexity index is 707. The molecule has 5 nitrogen and oxygen atoms in total. The molecule has 0 saturated carbocycles. The molecule has 5 heteroatoms. The fourth-order valence-electron chi connectivity index (χ4n) is 3.12. The molecule has 23 heavy (non-hydrogen) atoms. The van der Waals surface area contributed by atoms with Gasteiger partial charge < -0.3 is 10.2 Å². The lowest BCUT2D eigenvalue weighted by atomic mass is 10.1. The minimum absolute atomic E-state index is 0.120. The molecule has 0 aliphatic carbocycles. The van der Waals surface area contributed by atoms with Gasteiger partial charge in [0.15, 0.2) is 0 Å². The number of carbonyl (C=O) groups excluding carboxylic acids is 1. The highest BCUT2D eigenvalue weighted by Gasteiger charge is 2.24. The molecule has 1 aliphatic heterocycles. The van der Waals surface area contributed by atoms with Gasteiger partial charge in [-0.1, -0.05) is 12.1 Å². The fraction of sp³-hybridized carbons (Fsp3) is 0.444. The SMILES string of the molecule is Cc1cc(C)n(Cc2cccc(C(=O)N3CCNC[C@H]3C)c2)n1. The standard InChI is InChI=1S/C18H24N4O/c1-13-9-14(2)22(20-13)12-16-5-4-6-17(10-16)18(23)21-8-7-19-11-15(21)3/h4-6,9-10,15,19H,7-8,11-12H2,1-3H3/t15-/m1/s1. The van der Waals surface area contributed by atoms with Crippen LogP contribution in [0, 0.1) is 13.8 Å². The molecule has 1 saturated heterocycles. The number of benzene rings is 1. The summed E-state index contributed by atoms with van der Waals surface area (Å²) in [7, 11) is 0. The third kappa shape index (κ3) is 3.45. The van der Waals surface area contributed by atoms with Crippen molar-refractivity contribution in [3.63, 3.8) is 0 Å². The minimum Gasteiger partial charge on any atom is -0.333 e. The Kier molecular flexibility index (Phi) is 4.48. The van der Waals surface area contributed by atoms with Gasteiger partial charge in [-0.05, 0) is 44.5 Å². The Morgan fingerprint density at radius 1 is 1.35 bits per heavy atom. The van der Waals surface area contributed by atoms with Crippen LogP contribution in [0.15, 0.2) is 30.3 Å². The van der Waals surface area contributed by atoms with Crippen molar-refractivity contribution in [1.82, 2.24) is 20.0 Å². The highest BCUT2D eigenvalue weighted by Crippen LogP contribution is 2.14. The summed E-state index contributed by atoms with van der Waals surface area (Å²) < 4.78 is 1.98. The number of hydrogen-bond donors (Lipinski definition) is 1. The van der Waals surface area contributed by atoms with E-state index in [4.69, 9.17) is 0 Å². The predicted octanol–water partition coefficient (Wildman–Crippen LogP) is 1.98. The summed E-state index contributed by atoms with van der Waals surface area (Å²) in [5, 5.41) is 7.81. The van der Waals surface area contributed by atoms with Crippen molar-refractivity contribution in [2.45, 2.75) is 33.4 Å². The lowest BCUT2D eigenvalue weighted by molar-refractivity contribution is 0.0655. The first-order chi connectivity index (χ1) is 11.0. The third-order valence-corrected chi connectivity index (χ3v) is 4.37. The third-order valence-electron chi connectivity index (χ3n) is 4.37. The molecule has 1 atom stereocenters. The number of rotatable bonds is 3. The zero-order valence-corrected chi connectivity index (χ0v) is 14.0. The van der Waals surface area contributed by atoms with Gasteiger partial charge in [0.25, 0.3) is 5.91 Å². The first kappa shape index (κ1) is 15.7. The number of carbonyl (C=O) groups is 1. The first-order valence-corrected chi connectivity index (χ1v) is 8.16. The lowest BCUT2D eigenvalue weighted by Gasteiger charge is -2.34. The summed E-state index contributed by atoms with van der Waals surface area (Å²) in [4.78, 5) is 14.7. The quantitative estimate of drug-likeness (QED) is 0.943. The van der Waals surface area contributed by atoms with Crippen LogP contribution in [-0.4, -0.2) is 46.3 Å². The molecule has 1 aromatic carbocycles. The van der Waals surface area contributed by atoms with E-state index in [1.807, 2.05) is 34.7 Å². The summed E-state index contributed by atoms with van der Waals surface area (Å²) in [5.74, 6) is 0.120. The van der Waals surface area contributed by atoms with Crippen LogP contribution < -0.4 is 5.32 Å². The number of amides is 1. The molecule has 2 heterocycles. The van der Waals surface area contributed by atoms with Gasteiger partial charge in [-0.25, -0.2) is 0 Å². The predicted molar refractivity (Wildman–Crippen MR) is 90.6 cm³/mol. The second-order valence-corrected chi connectivity index (χ2v) is 6.34. The normalized spacial score (nSPS) is 18.2. The average molecular weight is 312 g/mol. The molecule has 1 amide bonds. The monoisotopic (exact) mass is 312 g/mol. The number of nitrogens with zero attached hydrogens (tertiary/aromatic N) is 3. The largest absolute Gasteiger partial charge is 0.333 e. The Morgan fingerprint density at radius 3 is 2.87 bits per heavy atom. The molecule has 0 spiro atoms. The second-order valence-electron chi connectivity index (χ2n) is 6.34. The van der Waals surface area contributed by atoms with Gasteiger partial charge >= 0.3 is 0 Å². The highest BCUT2D eigenvalue weighted by atomic mass is 16.2. The Labute approximate surface area is 137 Å². The van der Waals surface area contributed by atoms with E-state index in [1.54, 1.807) is 0 Å². The average Bonchev–Trinajstić information content (AvgIpc) is 2.85. The van der Waals surface area contributed by atoms with Gasteiger partial charge in [0, 0.05) is 36.9 Å². The molecule has 2 aromatic rings. The number of nitrogens with one attached hydrogen (secondary N) is 1. The van der Waals surface area contributed by atoms with Crippen molar-refractivity contribution in [2.24, 2.45) is 0 Å². The van der Waals surface area contributed by atoms with Gasteiger partial charge in [-0.3, -0.25) is 9.48 Å². The Balaban J connectivity index is 1.79. The Hall–Kier alpha value is -2.14. The molecule has 0 unspecified atom stereocenters. The van der Waals surface area contributed by atoms with Gasteiger partial charge in [-0.2, -0.15) is 5.10 Å². The first-order valence-electron chi connectivity index (χ1n) is 8.16. The van der Waals surface area contributed by atoms with Gasteiger partial charge in [0.05, 0.1) is 12.2 Å². The lowest BCUT2D eigenvalue weighted by Crippen LogP contribution is -2.52. The molecule has 0 radical (unpaired) electrons. The topological polar surface area (TPSA) is 50.2 Å². The summed E-state index contributed by atoms with van der Waals surface area (Å²) in [6.07, 6.45) is 0. The molecule has 3 rings (SSSR count). The van der Waals surface area contributed by atoms with Crippen molar-refractivity contribution < 1.29 is 4.79 Å². The molecule has 0 bridgehead atoms. The van der Waals surface area contributed by atoms with Gasteiger partial charge in [0.1, 0.15) is 0 Å². The molecule has 1 aliphatic rings. The van der Waals surface area contributed by atoms with E-state index in [0.29, 0.717) is 6.54 Å². The van der Waals surface area contributed by atoms with E-state index in [1.165, 1.54) is 0 Å². The summed E-state index contributed by atoms with van der Waals surface area (Å²) in [6.45, 7) is 9.31. The molecule has 1 N–H and O–H groups in total.